The maximum atomic E-state index is 12.1. The van der Waals surface area contributed by atoms with E-state index < -0.39 is 12.6 Å². The van der Waals surface area contributed by atoms with Crippen LogP contribution in [0.25, 0.3) is 0 Å². The maximum absolute atomic E-state index is 12.1. The molecule has 20 heavy (non-hydrogen) atoms. The lowest BCUT2D eigenvalue weighted by molar-refractivity contribution is -0.134. The number of halogens is 3. The lowest BCUT2D eigenvalue weighted by Gasteiger charge is -2.07. The molecule has 0 radical (unpaired) electrons. The standard InChI is InChI=1S/C12H14F3N5/c1-8-6-10(20-19-8)7-17-11-16-5-3-9(18-11)2-4-12(13,14)15/h3,5-6H,2,4,7H2,1H3,(H,19,20)(H,16,17,18). The van der Waals surface area contributed by atoms with E-state index in [2.05, 4.69) is 25.5 Å². The number of nitrogens with zero attached hydrogens (tertiary/aromatic N) is 3. The minimum Gasteiger partial charge on any atom is -0.348 e. The van der Waals surface area contributed by atoms with Crippen molar-refractivity contribution >= 4 is 5.95 Å². The molecule has 2 heterocycles. The summed E-state index contributed by atoms with van der Waals surface area (Å²) in [5, 5.41) is 9.75. The van der Waals surface area contributed by atoms with E-state index in [1.807, 2.05) is 13.0 Å². The summed E-state index contributed by atoms with van der Waals surface area (Å²) in [6, 6.07) is 3.34. The molecule has 0 unspecified atom stereocenters. The second kappa shape index (κ2) is 5.89. The fourth-order valence-electron chi connectivity index (χ4n) is 1.62. The molecule has 0 aliphatic heterocycles. The van der Waals surface area contributed by atoms with Crippen LogP contribution in [0.4, 0.5) is 19.1 Å². The Bertz CT molecular complexity index is 564. The molecule has 8 heteroatoms. The Kier molecular flexibility index (Phi) is 4.21. The minimum absolute atomic E-state index is 0.151. The monoisotopic (exact) mass is 285 g/mol. The van der Waals surface area contributed by atoms with Crippen LogP contribution in [0.2, 0.25) is 0 Å². The van der Waals surface area contributed by atoms with Gasteiger partial charge in [-0.2, -0.15) is 18.3 Å². The Morgan fingerprint density at radius 3 is 2.75 bits per heavy atom. The van der Waals surface area contributed by atoms with Crippen LogP contribution in [0.1, 0.15) is 23.5 Å². The molecule has 2 N–H and O–H groups in total. The molecular weight excluding hydrogens is 271 g/mol. The predicted molar refractivity (Wildman–Crippen MR) is 67.1 cm³/mol. The number of hydrogen-bond donors (Lipinski definition) is 2. The molecule has 0 saturated carbocycles. The van der Waals surface area contributed by atoms with Crippen LogP contribution < -0.4 is 5.32 Å². The number of anilines is 1. The molecule has 5 nitrogen and oxygen atoms in total. The third kappa shape index (κ3) is 4.52. The van der Waals surface area contributed by atoms with Gasteiger partial charge in [0.1, 0.15) is 0 Å². The third-order valence-electron chi connectivity index (χ3n) is 2.56. The van der Waals surface area contributed by atoms with Crippen molar-refractivity contribution in [3.8, 4) is 0 Å². The van der Waals surface area contributed by atoms with Gasteiger partial charge in [-0.05, 0) is 25.5 Å². The SMILES string of the molecule is Cc1cc(CNc2nccc(CCC(F)(F)F)n2)n[nH]1. The van der Waals surface area contributed by atoms with Crippen molar-refractivity contribution in [3.63, 3.8) is 0 Å². The van der Waals surface area contributed by atoms with Gasteiger partial charge >= 0.3 is 6.18 Å². The van der Waals surface area contributed by atoms with Gasteiger partial charge in [0.05, 0.1) is 12.2 Å². The molecule has 0 aliphatic rings. The molecule has 0 spiro atoms. The van der Waals surface area contributed by atoms with Crippen molar-refractivity contribution in [1.82, 2.24) is 20.2 Å². The molecule has 0 aromatic carbocycles. The van der Waals surface area contributed by atoms with Gasteiger partial charge < -0.3 is 5.32 Å². The molecule has 2 aromatic rings. The molecule has 0 amide bonds. The third-order valence-corrected chi connectivity index (χ3v) is 2.56. The normalized spacial score (nSPS) is 11.6. The second-order valence-corrected chi connectivity index (χ2v) is 4.38. The first-order valence-corrected chi connectivity index (χ1v) is 6.06. The van der Waals surface area contributed by atoms with Gasteiger partial charge in [0.15, 0.2) is 0 Å². The average Bonchev–Trinajstić information content (AvgIpc) is 2.80. The van der Waals surface area contributed by atoms with E-state index >= 15 is 0 Å². The first-order valence-electron chi connectivity index (χ1n) is 6.06. The Hall–Kier alpha value is -2.12. The quantitative estimate of drug-likeness (QED) is 0.886. The van der Waals surface area contributed by atoms with Crippen LogP contribution >= 0.6 is 0 Å². The molecule has 0 bridgehead atoms. The molecule has 0 fully saturated rings. The van der Waals surface area contributed by atoms with Crippen LogP contribution in [-0.4, -0.2) is 26.3 Å². The topological polar surface area (TPSA) is 66.5 Å². The van der Waals surface area contributed by atoms with Crippen LogP contribution in [0.3, 0.4) is 0 Å². The predicted octanol–water partition coefficient (Wildman–Crippen LogP) is 2.62. The summed E-state index contributed by atoms with van der Waals surface area (Å²) in [5.74, 6) is 0.297. The van der Waals surface area contributed by atoms with E-state index in [-0.39, 0.29) is 6.42 Å². The van der Waals surface area contributed by atoms with Gasteiger partial charge in [0, 0.05) is 24.0 Å². The van der Waals surface area contributed by atoms with Gasteiger partial charge in [-0.1, -0.05) is 0 Å². The Morgan fingerprint density at radius 1 is 1.30 bits per heavy atom. The summed E-state index contributed by atoms with van der Waals surface area (Å²) >= 11 is 0. The highest BCUT2D eigenvalue weighted by Gasteiger charge is 2.26. The van der Waals surface area contributed by atoms with Gasteiger partial charge in [-0.3, -0.25) is 5.10 Å². The summed E-state index contributed by atoms with van der Waals surface area (Å²) in [4.78, 5) is 8.00. The molecule has 2 rings (SSSR count). The van der Waals surface area contributed by atoms with E-state index in [1.165, 1.54) is 12.3 Å². The van der Waals surface area contributed by atoms with Crippen molar-refractivity contribution in [2.45, 2.75) is 32.5 Å². The summed E-state index contributed by atoms with van der Waals surface area (Å²) < 4.78 is 36.4. The Balaban J connectivity index is 1.92. The molecule has 108 valence electrons. The smallest absolute Gasteiger partial charge is 0.348 e. The summed E-state index contributed by atoms with van der Waals surface area (Å²) in [6.45, 7) is 2.29. The van der Waals surface area contributed by atoms with E-state index in [0.717, 1.165) is 11.4 Å². The van der Waals surface area contributed by atoms with Gasteiger partial charge in [0.25, 0.3) is 0 Å². The Labute approximate surface area is 113 Å². The lowest BCUT2D eigenvalue weighted by Crippen LogP contribution is -2.10. The molecule has 0 atom stereocenters. The summed E-state index contributed by atoms with van der Waals surface area (Å²) in [5.41, 5.74) is 2.08. The zero-order valence-corrected chi connectivity index (χ0v) is 10.8. The number of hydrogen-bond acceptors (Lipinski definition) is 4. The zero-order chi connectivity index (χ0) is 14.6. The van der Waals surface area contributed by atoms with Crippen molar-refractivity contribution in [1.29, 1.82) is 0 Å². The maximum Gasteiger partial charge on any atom is 0.389 e. The number of aryl methyl sites for hydroxylation is 2. The van der Waals surface area contributed by atoms with Gasteiger partial charge in [-0.25, -0.2) is 9.97 Å². The van der Waals surface area contributed by atoms with Crippen LogP contribution in [0.15, 0.2) is 18.3 Å². The zero-order valence-electron chi connectivity index (χ0n) is 10.8. The van der Waals surface area contributed by atoms with Crippen molar-refractivity contribution in [3.05, 3.63) is 35.4 Å². The van der Waals surface area contributed by atoms with Gasteiger partial charge in [-0.15, -0.1) is 0 Å². The highest BCUT2D eigenvalue weighted by atomic mass is 19.4. The second-order valence-electron chi connectivity index (χ2n) is 4.38. The highest BCUT2D eigenvalue weighted by molar-refractivity contribution is 5.26. The number of aromatic nitrogens is 4. The van der Waals surface area contributed by atoms with E-state index in [9.17, 15) is 13.2 Å². The number of nitrogens with one attached hydrogen (secondary N) is 2. The van der Waals surface area contributed by atoms with E-state index in [4.69, 9.17) is 0 Å². The fraction of sp³-hybridized carbons (Fsp3) is 0.417. The van der Waals surface area contributed by atoms with E-state index in [1.54, 1.807) is 0 Å². The molecule has 0 saturated heterocycles. The molecular formula is C12H14F3N5. The first-order chi connectivity index (χ1) is 9.42. The molecule has 2 aromatic heterocycles. The number of aromatic amines is 1. The van der Waals surface area contributed by atoms with Gasteiger partial charge in [0.2, 0.25) is 5.95 Å². The largest absolute Gasteiger partial charge is 0.389 e. The summed E-state index contributed by atoms with van der Waals surface area (Å²) in [7, 11) is 0. The fourth-order valence-corrected chi connectivity index (χ4v) is 1.62. The average molecular weight is 285 g/mol. The highest BCUT2D eigenvalue weighted by Crippen LogP contribution is 2.21. The number of rotatable bonds is 5. The summed E-state index contributed by atoms with van der Waals surface area (Å²) in [6.07, 6.45) is -3.77. The van der Waals surface area contributed by atoms with Crippen LogP contribution in [0.5, 0.6) is 0 Å². The Morgan fingerprint density at radius 2 is 2.10 bits per heavy atom. The number of alkyl halides is 3. The van der Waals surface area contributed by atoms with Crippen molar-refractivity contribution in [2.24, 2.45) is 0 Å². The van der Waals surface area contributed by atoms with Crippen molar-refractivity contribution in [2.75, 3.05) is 5.32 Å². The van der Waals surface area contributed by atoms with Crippen LogP contribution in [-0.2, 0) is 13.0 Å². The lowest BCUT2D eigenvalue weighted by atomic mass is 10.2. The molecule has 0 aliphatic carbocycles. The van der Waals surface area contributed by atoms with E-state index in [0.29, 0.717) is 18.2 Å². The minimum atomic E-state index is -4.18. The number of H-pyrrole nitrogens is 1. The van der Waals surface area contributed by atoms with Crippen LogP contribution in [0, 0.1) is 6.92 Å². The van der Waals surface area contributed by atoms with Crippen molar-refractivity contribution < 1.29 is 13.2 Å². The first kappa shape index (κ1) is 14.3.